The molecule has 0 saturated heterocycles. The number of rotatable bonds is 3. The number of hydrogen-bond acceptors (Lipinski definition) is 1. The number of benzene rings is 1. The molecule has 1 aromatic carbocycles. The fourth-order valence-electron chi connectivity index (χ4n) is 1.87. The van der Waals surface area contributed by atoms with Crippen molar-refractivity contribution in [2.24, 2.45) is 0 Å². The standard InChI is InChI=1S/C14H21NO/c1-6-14(16)15-12(5)13-8-10(3)9(2)7-11(13)4/h7-8,12H,6H2,1-5H3,(H,15,16)/t12-/m0/s1. The molecule has 1 rings (SSSR count). The first-order chi connectivity index (χ1) is 7.45. The zero-order chi connectivity index (χ0) is 12.3. The van der Waals surface area contributed by atoms with Gasteiger partial charge in [-0.15, -0.1) is 0 Å². The van der Waals surface area contributed by atoms with Gasteiger partial charge in [-0.1, -0.05) is 19.1 Å². The third-order valence-electron chi connectivity index (χ3n) is 3.05. The third-order valence-corrected chi connectivity index (χ3v) is 3.05. The largest absolute Gasteiger partial charge is 0.350 e. The lowest BCUT2D eigenvalue weighted by Gasteiger charge is -2.18. The summed E-state index contributed by atoms with van der Waals surface area (Å²) in [5, 5.41) is 2.99. The zero-order valence-corrected chi connectivity index (χ0v) is 10.8. The number of carbonyl (C=O) groups excluding carboxylic acids is 1. The second-order valence-electron chi connectivity index (χ2n) is 4.44. The molecule has 0 saturated carbocycles. The predicted octanol–water partition coefficient (Wildman–Crippen LogP) is 3.20. The Morgan fingerprint density at radius 2 is 1.75 bits per heavy atom. The van der Waals surface area contributed by atoms with E-state index >= 15 is 0 Å². The van der Waals surface area contributed by atoms with Crippen LogP contribution in [0.4, 0.5) is 0 Å². The van der Waals surface area contributed by atoms with E-state index in [0.29, 0.717) is 6.42 Å². The van der Waals surface area contributed by atoms with Gasteiger partial charge in [0.25, 0.3) is 0 Å². The van der Waals surface area contributed by atoms with Crippen LogP contribution < -0.4 is 5.32 Å². The summed E-state index contributed by atoms with van der Waals surface area (Å²) in [6.45, 7) is 10.2. The molecule has 0 fully saturated rings. The molecule has 0 aliphatic carbocycles. The molecule has 0 radical (unpaired) electrons. The van der Waals surface area contributed by atoms with Gasteiger partial charge < -0.3 is 5.32 Å². The van der Waals surface area contributed by atoms with Gasteiger partial charge in [0.2, 0.25) is 5.91 Å². The highest BCUT2D eigenvalue weighted by Crippen LogP contribution is 2.21. The van der Waals surface area contributed by atoms with Crippen LogP contribution in [-0.2, 0) is 4.79 Å². The smallest absolute Gasteiger partial charge is 0.220 e. The lowest BCUT2D eigenvalue weighted by molar-refractivity contribution is -0.121. The number of aryl methyl sites for hydroxylation is 3. The van der Waals surface area contributed by atoms with Gasteiger partial charge in [-0.3, -0.25) is 4.79 Å². The fraction of sp³-hybridized carbons (Fsp3) is 0.500. The van der Waals surface area contributed by atoms with E-state index in [-0.39, 0.29) is 11.9 Å². The van der Waals surface area contributed by atoms with Crippen molar-refractivity contribution < 1.29 is 4.79 Å². The van der Waals surface area contributed by atoms with Gasteiger partial charge in [0.15, 0.2) is 0 Å². The predicted molar refractivity (Wildman–Crippen MR) is 67.5 cm³/mol. The number of carbonyl (C=O) groups is 1. The molecular weight excluding hydrogens is 198 g/mol. The summed E-state index contributed by atoms with van der Waals surface area (Å²) in [5.41, 5.74) is 5.03. The molecule has 0 heterocycles. The van der Waals surface area contributed by atoms with Crippen molar-refractivity contribution in [3.8, 4) is 0 Å². The minimum absolute atomic E-state index is 0.0896. The zero-order valence-electron chi connectivity index (χ0n) is 10.8. The lowest BCUT2D eigenvalue weighted by atomic mass is 9.96. The van der Waals surface area contributed by atoms with Gasteiger partial charge >= 0.3 is 0 Å². The van der Waals surface area contributed by atoms with E-state index in [1.165, 1.54) is 22.3 Å². The third kappa shape index (κ3) is 2.84. The van der Waals surface area contributed by atoms with Crippen LogP contribution in [0.3, 0.4) is 0 Å². The Labute approximate surface area is 98.1 Å². The van der Waals surface area contributed by atoms with E-state index < -0.39 is 0 Å². The topological polar surface area (TPSA) is 29.1 Å². The molecule has 1 aromatic rings. The van der Waals surface area contributed by atoms with Crippen LogP contribution >= 0.6 is 0 Å². The van der Waals surface area contributed by atoms with E-state index in [4.69, 9.17) is 0 Å². The fourth-order valence-corrected chi connectivity index (χ4v) is 1.87. The normalized spacial score (nSPS) is 12.3. The molecule has 0 aromatic heterocycles. The van der Waals surface area contributed by atoms with E-state index in [2.05, 4.69) is 38.2 Å². The summed E-state index contributed by atoms with van der Waals surface area (Å²) in [7, 11) is 0. The Morgan fingerprint density at radius 3 is 2.31 bits per heavy atom. The van der Waals surface area contributed by atoms with Crippen molar-refractivity contribution in [2.75, 3.05) is 0 Å². The van der Waals surface area contributed by atoms with Crippen molar-refractivity contribution in [1.82, 2.24) is 5.32 Å². The summed E-state index contributed by atoms with van der Waals surface area (Å²) in [6.07, 6.45) is 0.536. The molecule has 1 N–H and O–H groups in total. The Balaban J connectivity index is 2.95. The molecule has 1 atom stereocenters. The summed E-state index contributed by atoms with van der Waals surface area (Å²) in [6, 6.07) is 4.44. The molecule has 2 heteroatoms. The SMILES string of the molecule is CCC(=O)N[C@@H](C)c1cc(C)c(C)cc1C. The average Bonchev–Trinajstić information content (AvgIpc) is 2.23. The molecule has 0 aliphatic heterocycles. The van der Waals surface area contributed by atoms with Crippen molar-refractivity contribution in [3.63, 3.8) is 0 Å². The van der Waals surface area contributed by atoms with Crippen molar-refractivity contribution in [3.05, 3.63) is 34.4 Å². The summed E-state index contributed by atoms with van der Waals surface area (Å²) >= 11 is 0. The molecule has 1 amide bonds. The molecule has 2 nitrogen and oxygen atoms in total. The first-order valence-electron chi connectivity index (χ1n) is 5.82. The quantitative estimate of drug-likeness (QED) is 0.831. The van der Waals surface area contributed by atoms with Crippen LogP contribution in [0.1, 0.15) is 48.6 Å². The van der Waals surface area contributed by atoms with Gasteiger partial charge in [-0.05, 0) is 49.9 Å². The van der Waals surface area contributed by atoms with E-state index in [1.54, 1.807) is 0 Å². The minimum Gasteiger partial charge on any atom is -0.350 e. The molecule has 16 heavy (non-hydrogen) atoms. The minimum atomic E-state index is 0.0896. The number of amides is 1. The highest BCUT2D eigenvalue weighted by atomic mass is 16.1. The Bertz CT molecular complexity index is 396. The van der Waals surface area contributed by atoms with Crippen molar-refractivity contribution in [2.45, 2.75) is 47.1 Å². The average molecular weight is 219 g/mol. The maximum atomic E-state index is 11.3. The molecule has 0 spiro atoms. The maximum absolute atomic E-state index is 11.3. The molecule has 88 valence electrons. The van der Waals surface area contributed by atoms with Crippen molar-refractivity contribution in [1.29, 1.82) is 0 Å². The van der Waals surface area contributed by atoms with E-state index in [0.717, 1.165) is 0 Å². The first kappa shape index (κ1) is 12.8. The van der Waals surface area contributed by atoms with Crippen molar-refractivity contribution >= 4 is 5.91 Å². The summed E-state index contributed by atoms with van der Waals surface area (Å²) in [5.74, 6) is 0.102. The highest BCUT2D eigenvalue weighted by molar-refractivity contribution is 5.76. The lowest BCUT2D eigenvalue weighted by Crippen LogP contribution is -2.26. The number of hydrogen-bond donors (Lipinski definition) is 1. The van der Waals surface area contributed by atoms with Crippen LogP contribution in [0.5, 0.6) is 0 Å². The number of nitrogens with one attached hydrogen (secondary N) is 1. The van der Waals surface area contributed by atoms with Gasteiger partial charge in [-0.25, -0.2) is 0 Å². The Morgan fingerprint density at radius 1 is 1.19 bits per heavy atom. The monoisotopic (exact) mass is 219 g/mol. The van der Waals surface area contributed by atoms with Gasteiger partial charge in [0.05, 0.1) is 6.04 Å². The summed E-state index contributed by atoms with van der Waals surface area (Å²) < 4.78 is 0. The van der Waals surface area contributed by atoms with Gasteiger partial charge in [0.1, 0.15) is 0 Å². The van der Waals surface area contributed by atoms with Gasteiger partial charge in [0, 0.05) is 6.42 Å². The first-order valence-corrected chi connectivity index (χ1v) is 5.82. The molecule has 0 unspecified atom stereocenters. The van der Waals surface area contributed by atoms with Crippen LogP contribution in [0.2, 0.25) is 0 Å². The van der Waals surface area contributed by atoms with Gasteiger partial charge in [-0.2, -0.15) is 0 Å². The second-order valence-corrected chi connectivity index (χ2v) is 4.44. The highest BCUT2D eigenvalue weighted by Gasteiger charge is 2.11. The Kier molecular flexibility index (Phi) is 4.11. The van der Waals surface area contributed by atoms with Crippen LogP contribution in [-0.4, -0.2) is 5.91 Å². The molecule has 0 bridgehead atoms. The molecular formula is C14H21NO. The van der Waals surface area contributed by atoms with Crippen LogP contribution in [0.15, 0.2) is 12.1 Å². The van der Waals surface area contributed by atoms with E-state index in [1.807, 2.05) is 13.8 Å². The van der Waals surface area contributed by atoms with Crippen LogP contribution in [0.25, 0.3) is 0 Å². The van der Waals surface area contributed by atoms with E-state index in [9.17, 15) is 4.79 Å². The Hall–Kier alpha value is -1.31. The maximum Gasteiger partial charge on any atom is 0.220 e. The molecule has 0 aliphatic rings. The second kappa shape index (κ2) is 5.15. The summed E-state index contributed by atoms with van der Waals surface area (Å²) in [4.78, 5) is 11.3. The van der Waals surface area contributed by atoms with Crippen LogP contribution in [0, 0.1) is 20.8 Å².